The van der Waals surface area contributed by atoms with Gasteiger partial charge in [-0.05, 0) is 99.0 Å². The van der Waals surface area contributed by atoms with Gasteiger partial charge >= 0.3 is 0 Å². The molecule has 0 unspecified atom stereocenters. The van der Waals surface area contributed by atoms with Crippen LogP contribution < -0.4 is 0 Å². The molecule has 0 radical (unpaired) electrons. The van der Waals surface area contributed by atoms with Crippen molar-refractivity contribution in [2.75, 3.05) is 0 Å². The van der Waals surface area contributed by atoms with Crippen LogP contribution in [0.2, 0.25) is 0 Å². The van der Waals surface area contributed by atoms with Gasteiger partial charge in [-0.15, -0.1) is 0 Å². The van der Waals surface area contributed by atoms with Crippen molar-refractivity contribution in [1.29, 1.82) is 5.26 Å². The van der Waals surface area contributed by atoms with Crippen LogP contribution in [0.1, 0.15) is 101 Å². The Morgan fingerprint density at radius 3 is 2.07 bits per heavy atom. The molecule has 0 saturated heterocycles. The zero-order valence-electron chi connectivity index (χ0n) is 17.9. The van der Waals surface area contributed by atoms with E-state index in [1.807, 2.05) is 0 Å². The molecule has 1 aromatic rings. The highest BCUT2D eigenvalue weighted by molar-refractivity contribution is 5.26. The second kappa shape index (κ2) is 11.5. The van der Waals surface area contributed by atoms with Crippen LogP contribution in [0.4, 0.5) is 0 Å². The molecule has 28 heavy (non-hydrogen) atoms. The van der Waals surface area contributed by atoms with Crippen LogP contribution in [-0.2, 0) is 6.42 Å². The van der Waals surface area contributed by atoms with Crippen LogP contribution in [0.15, 0.2) is 36.4 Å². The topological polar surface area (TPSA) is 23.8 Å². The smallest absolute Gasteiger partial charge is 0.0908 e. The lowest BCUT2D eigenvalue weighted by molar-refractivity contribution is 0.246. The number of nitrogens with zero attached hydrogens (tertiary/aromatic N) is 1. The van der Waals surface area contributed by atoms with Crippen molar-refractivity contribution >= 4 is 0 Å². The van der Waals surface area contributed by atoms with Gasteiger partial charge in [0.2, 0.25) is 0 Å². The molecule has 2 saturated carbocycles. The maximum atomic E-state index is 8.68. The lowest BCUT2D eigenvalue weighted by Gasteiger charge is -2.31. The number of unbranched alkanes of at least 4 members (excludes halogenated alkanes) is 1. The van der Waals surface area contributed by atoms with Gasteiger partial charge in [0.1, 0.15) is 0 Å². The van der Waals surface area contributed by atoms with Gasteiger partial charge in [-0.2, -0.15) is 5.26 Å². The SMILES string of the molecule is CCCCc1ccc([C@H]2CC[C@H](CC[C@H]3CC[C@H](/C=C/C#N)CC3)CC2)cc1. The molecule has 1 heteroatoms. The average molecular weight is 378 g/mol. The first-order chi connectivity index (χ1) is 13.8. The van der Waals surface area contributed by atoms with Crippen molar-refractivity contribution in [2.24, 2.45) is 17.8 Å². The first kappa shape index (κ1) is 21.2. The summed E-state index contributed by atoms with van der Waals surface area (Å²) >= 11 is 0. The van der Waals surface area contributed by atoms with Crippen molar-refractivity contribution in [3.8, 4) is 6.07 Å². The summed E-state index contributed by atoms with van der Waals surface area (Å²) in [6.07, 6.45) is 21.5. The third kappa shape index (κ3) is 6.51. The predicted octanol–water partition coefficient (Wildman–Crippen LogP) is 7.97. The molecule has 3 rings (SSSR count). The van der Waals surface area contributed by atoms with Crippen LogP contribution in [0.25, 0.3) is 0 Å². The number of benzene rings is 1. The fourth-order valence-electron chi connectivity index (χ4n) is 5.44. The fourth-order valence-corrected chi connectivity index (χ4v) is 5.44. The molecule has 0 N–H and O–H groups in total. The quantitative estimate of drug-likeness (QED) is 0.421. The Labute approximate surface area is 173 Å². The standard InChI is InChI=1S/C27H39N/c1-2-3-5-22-13-17-26(18-14-22)27-19-15-25(16-20-27)12-11-24-9-7-23(8-10-24)6-4-21-28/h4,6,13-14,17-18,23-25,27H,2-3,5,7-12,15-16,19-20H2,1H3/b6-4+/t23-,24-,25-,27-. The molecule has 0 heterocycles. The molecule has 0 amide bonds. The molecular weight excluding hydrogens is 338 g/mol. The van der Waals surface area contributed by atoms with E-state index in [0.29, 0.717) is 5.92 Å². The highest BCUT2D eigenvalue weighted by atomic mass is 14.3. The van der Waals surface area contributed by atoms with Crippen LogP contribution in [0, 0.1) is 29.1 Å². The van der Waals surface area contributed by atoms with Crippen LogP contribution in [0.5, 0.6) is 0 Å². The van der Waals surface area contributed by atoms with Gasteiger partial charge in [0.25, 0.3) is 0 Å². The predicted molar refractivity (Wildman–Crippen MR) is 119 cm³/mol. The van der Waals surface area contributed by atoms with Crippen LogP contribution in [-0.4, -0.2) is 0 Å². The van der Waals surface area contributed by atoms with E-state index in [2.05, 4.69) is 43.3 Å². The van der Waals surface area contributed by atoms with E-state index < -0.39 is 0 Å². The maximum Gasteiger partial charge on any atom is 0.0908 e. The number of rotatable bonds is 8. The summed E-state index contributed by atoms with van der Waals surface area (Å²) < 4.78 is 0. The molecular formula is C27H39N. The van der Waals surface area contributed by atoms with Gasteiger partial charge in [-0.3, -0.25) is 0 Å². The second-order valence-corrected chi connectivity index (χ2v) is 9.41. The zero-order chi connectivity index (χ0) is 19.6. The van der Waals surface area contributed by atoms with Crippen molar-refractivity contribution in [1.82, 2.24) is 0 Å². The third-order valence-corrected chi connectivity index (χ3v) is 7.43. The average Bonchev–Trinajstić information content (AvgIpc) is 2.76. The molecule has 0 bridgehead atoms. The van der Waals surface area contributed by atoms with E-state index in [0.717, 1.165) is 17.8 Å². The number of hydrogen-bond donors (Lipinski definition) is 0. The molecule has 2 aliphatic carbocycles. The zero-order valence-corrected chi connectivity index (χ0v) is 17.9. The molecule has 2 fully saturated rings. The highest BCUT2D eigenvalue weighted by Crippen LogP contribution is 2.40. The summed E-state index contributed by atoms with van der Waals surface area (Å²) in [4.78, 5) is 0. The Morgan fingerprint density at radius 2 is 1.50 bits per heavy atom. The van der Waals surface area contributed by atoms with Gasteiger partial charge in [0, 0.05) is 6.08 Å². The van der Waals surface area contributed by atoms with E-state index in [4.69, 9.17) is 5.26 Å². The summed E-state index contributed by atoms with van der Waals surface area (Å²) in [7, 11) is 0. The van der Waals surface area contributed by atoms with E-state index >= 15 is 0 Å². The van der Waals surface area contributed by atoms with E-state index in [1.54, 1.807) is 11.6 Å². The molecule has 0 aliphatic heterocycles. The van der Waals surface area contributed by atoms with E-state index in [1.165, 1.54) is 89.0 Å². The van der Waals surface area contributed by atoms with Crippen LogP contribution in [0.3, 0.4) is 0 Å². The lowest BCUT2D eigenvalue weighted by Crippen LogP contribution is -2.17. The van der Waals surface area contributed by atoms with Crippen molar-refractivity contribution in [3.05, 3.63) is 47.5 Å². The first-order valence-corrected chi connectivity index (χ1v) is 11.9. The minimum atomic E-state index is 0.666. The summed E-state index contributed by atoms with van der Waals surface area (Å²) in [6, 6.07) is 11.7. The Bertz CT molecular complexity index is 619. The van der Waals surface area contributed by atoms with E-state index in [-0.39, 0.29) is 0 Å². The van der Waals surface area contributed by atoms with Crippen molar-refractivity contribution in [2.45, 2.75) is 96.3 Å². The van der Waals surface area contributed by atoms with Gasteiger partial charge in [0.05, 0.1) is 6.07 Å². The number of hydrogen-bond acceptors (Lipinski definition) is 1. The molecule has 152 valence electrons. The van der Waals surface area contributed by atoms with Crippen molar-refractivity contribution in [3.63, 3.8) is 0 Å². The third-order valence-electron chi connectivity index (χ3n) is 7.43. The monoisotopic (exact) mass is 377 g/mol. The largest absolute Gasteiger partial charge is 0.193 e. The highest BCUT2D eigenvalue weighted by Gasteiger charge is 2.24. The summed E-state index contributed by atoms with van der Waals surface area (Å²) in [6.45, 7) is 2.27. The number of allylic oxidation sites excluding steroid dienone is 2. The van der Waals surface area contributed by atoms with Crippen LogP contribution >= 0.6 is 0 Å². The first-order valence-electron chi connectivity index (χ1n) is 11.9. The molecule has 0 aromatic heterocycles. The second-order valence-electron chi connectivity index (χ2n) is 9.41. The van der Waals surface area contributed by atoms with E-state index in [9.17, 15) is 0 Å². The number of nitriles is 1. The van der Waals surface area contributed by atoms with Gasteiger partial charge in [-0.25, -0.2) is 0 Å². The van der Waals surface area contributed by atoms with Gasteiger partial charge < -0.3 is 0 Å². The minimum Gasteiger partial charge on any atom is -0.193 e. The molecule has 0 atom stereocenters. The Morgan fingerprint density at radius 1 is 0.893 bits per heavy atom. The maximum absolute atomic E-state index is 8.68. The van der Waals surface area contributed by atoms with Gasteiger partial charge in [0.15, 0.2) is 0 Å². The van der Waals surface area contributed by atoms with Crippen molar-refractivity contribution < 1.29 is 0 Å². The number of aryl methyl sites for hydroxylation is 1. The summed E-state index contributed by atoms with van der Waals surface area (Å²) in [5.74, 6) is 3.38. The summed E-state index contributed by atoms with van der Waals surface area (Å²) in [5, 5.41) is 8.68. The Hall–Kier alpha value is -1.55. The molecule has 1 nitrogen and oxygen atoms in total. The minimum absolute atomic E-state index is 0.666. The fraction of sp³-hybridized carbons (Fsp3) is 0.667. The van der Waals surface area contributed by atoms with Gasteiger partial charge in [-0.1, -0.05) is 56.5 Å². The normalized spacial score (nSPS) is 28.3. The molecule has 0 spiro atoms. The Kier molecular flexibility index (Phi) is 8.66. The summed E-state index contributed by atoms with van der Waals surface area (Å²) in [5.41, 5.74) is 3.10. The molecule has 1 aromatic carbocycles. The molecule has 2 aliphatic rings. The lowest BCUT2D eigenvalue weighted by atomic mass is 9.74. The Balaban J connectivity index is 1.34.